The largest absolute Gasteiger partial charge is 0.476 e. The Morgan fingerprint density at radius 1 is 1.61 bits per heavy atom. The van der Waals surface area contributed by atoms with Crippen LogP contribution in [0, 0.1) is 0 Å². The summed E-state index contributed by atoms with van der Waals surface area (Å²) in [4.78, 5) is 15.6. The SMILES string of the molecule is CCOC(=O)C(O)c1cccc(C2=NCCO2)c1. The fourth-order valence-electron chi connectivity index (χ4n) is 1.71. The van der Waals surface area contributed by atoms with Gasteiger partial charge in [0.25, 0.3) is 0 Å². The third kappa shape index (κ3) is 2.68. The molecule has 1 N–H and O–H groups in total. The Bertz CT molecular complexity index is 470. The van der Waals surface area contributed by atoms with Crippen molar-refractivity contribution in [2.75, 3.05) is 19.8 Å². The summed E-state index contributed by atoms with van der Waals surface area (Å²) in [6.45, 7) is 3.15. The lowest BCUT2D eigenvalue weighted by atomic mass is 10.1. The Morgan fingerprint density at radius 2 is 2.44 bits per heavy atom. The lowest BCUT2D eigenvalue weighted by Crippen LogP contribution is -2.16. The van der Waals surface area contributed by atoms with Gasteiger partial charge in [-0.1, -0.05) is 12.1 Å². The van der Waals surface area contributed by atoms with Crippen LogP contribution in [0.4, 0.5) is 0 Å². The molecule has 0 saturated heterocycles. The van der Waals surface area contributed by atoms with Crippen molar-refractivity contribution < 1.29 is 19.4 Å². The molecule has 1 aromatic rings. The Kier molecular flexibility index (Phi) is 3.94. The first kappa shape index (κ1) is 12.6. The van der Waals surface area contributed by atoms with E-state index in [-0.39, 0.29) is 6.61 Å². The van der Waals surface area contributed by atoms with Gasteiger partial charge in [0, 0.05) is 5.56 Å². The highest BCUT2D eigenvalue weighted by molar-refractivity contribution is 5.95. The number of aliphatic hydroxyl groups excluding tert-OH is 1. The van der Waals surface area contributed by atoms with Crippen LogP contribution in [0.5, 0.6) is 0 Å². The molecule has 0 aromatic heterocycles. The Labute approximate surface area is 105 Å². The summed E-state index contributed by atoms with van der Waals surface area (Å²) in [6, 6.07) is 6.93. The quantitative estimate of drug-likeness (QED) is 0.810. The minimum absolute atomic E-state index is 0.241. The molecule has 5 heteroatoms. The maximum absolute atomic E-state index is 11.4. The third-order valence-electron chi connectivity index (χ3n) is 2.54. The molecule has 1 aliphatic heterocycles. The molecule has 1 aromatic carbocycles. The second-order valence-corrected chi connectivity index (χ2v) is 3.82. The van der Waals surface area contributed by atoms with E-state index in [2.05, 4.69) is 4.99 Å². The number of carbonyl (C=O) groups excluding carboxylic acids is 1. The molecule has 0 aliphatic carbocycles. The standard InChI is InChI=1S/C13H15NO4/c1-2-17-13(16)11(15)9-4-3-5-10(8-9)12-14-6-7-18-12/h3-5,8,11,15H,2,6-7H2,1H3. The maximum atomic E-state index is 11.4. The van der Waals surface area contributed by atoms with E-state index in [1.54, 1.807) is 25.1 Å². The minimum atomic E-state index is -1.27. The Balaban J connectivity index is 2.18. The normalized spacial score (nSPS) is 15.8. The van der Waals surface area contributed by atoms with Crippen LogP contribution in [-0.2, 0) is 14.3 Å². The zero-order chi connectivity index (χ0) is 13.0. The molecule has 96 valence electrons. The van der Waals surface area contributed by atoms with Crippen molar-refractivity contribution in [3.63, 3.8) is 0 Å². The van der Waals surface area contributed by atoms with Gasteiger partial charge in [0.2, 0.25) is 5.90 Å². The zero-order valence-electron chi connectivity index (χ0n) is 10.1. The van der Waals surface area contributed by atoms with E-state index in [4.69, 9.17) is 9.47 Å². The van der Waals surface area contributed by atoms with Crippen LogP contribution in [0.2, 0.25) is 0 Å². The maximum Gasteiger partial charge on any atom is 0.339 e. The molecule has 2 rings (SSSR count). The molecule has 0 bridgehead atoms. The highest BCUT2D eigenvalue weighted by Gasteiger charge is 2.20. The molecule has 0 radical (unpaired) electrons. The summed E-state index contributed by atoms with van der Waals surface area (Å²) in [5.41, 5.74) is 1.23. The van der Waals surface area contributed by atoms with Gasteiger partial charge in [0.15, 0.2) is 6.10 Å². The molecule has 1 aliphatic rings. The molecule has 0 amide bonds. The fourth-order valence-corrected chi connectivity index (χ4v) is 1.71. The highest BCUT2D eigenvalue weighted by Crippen LogP contribution is 2.18. The zero-order valence-corrected chi connectivity index (χ0v) is 10.1. The summed E-state index contributed by atoms with van der Waals surface area (Å²) in [5, 5.41) is 9.83. The number of ether oxygens (including phenoxy) is 2. The van der Waals surface area contributed by atoms with Gasteiger partial charge in [0.05, 0.1) is 13.2 Å². The van der Waals surface area contributed by atoms with Crippen molar-refractivity contribution in [1.82, 2.24) is 0 Å². The predicted octanol–water partition coefficient (Wildman–Crippen LogP) is 1.06. The van der Waals surface area contributed by atoms with Gasteiger partial charge in [-0.15, -0.1) is 0 Å². The second kappa shape index (κ2) is 5.64. The van der Waals surface area contributed by atoms with E-state index in [9.17, 15) is 9.90 Å². The van der Waals surface area contributed by atoms with Crippen LogP contribution < -0.4 is 0 Å². The average Bonchev–Trinajstić information content (AvgIpc) is 2.92. The number of nitrogens with zero attached hydrogens (tertiary/aromatic N) is 1. The molecule has 18 heavy (non-hydrogen) atoms. The number of esters is 1. The first-order valence-corrected chi connectivity index (χ1v) is 5.84. The van der Waals surface area contributed by atoms with Crippen LogP contribution in [0.1, 0.15) is 24.2 Å². The molecule has 0 saturated carbocycles. The molecule has 1 atom stereocenters. The molecule has 1 unspecified atom stereocenters. The summed E-state index contributed by atoms with van der Waals surface area (Å²) in [6.07, 6.45) is -1.27. The first-order valence-electron chi connectivity index (χ1n) is 5.84. The predicted molar refractivity (Wildman–Crippen MR) is 65.4 cm³/mol. The van der Waals surface area contributed by atoms with Gasteiger partial charge in [-0.3, -0.25) is 0 Å². The molecular weight excluding hydrogens is 234 g/mol. The molecular formula is C13H15NO4. The van der Waals surface area contributed by atoms with E-state index >= 15 is 0 Å². The third-order valence-corrected chi connectivity index (χ3v) is 2.54. The first-order chi connectivity index (χ1) is 8.72. The van der Waals surface area contributed by atoms with Crippen molar-refractivity contribution in [3.05, 3.63) is 35.4 Å². The molecule has 5 nitrogen and oxygen atoms in total. The number of aliphatic imine (C=N–C) groups is 1. The Hall–Kier alpha value is -1.88. The molecule has 1 heterocycles. The second-order valence-electron chi connectivity index (χ2n) is 3.82. The van der Waals surface area contributed by atoms with Crippen molar-refractivity contribution in [2.45, 2.75) is 13.0 Å². The van der Waals surface area contributed by atoms with E-state index in [0.29, 0.717) is 24.6 Å². The topological polar surface area (TPSA) is 68.1 Å². The number of rotatable bonds is 4. The van der Waals surface area contributed by atoms with Gasteiger partial charge in [-0.2, -0.15) is 0 Å². The van der Waals surface area contributed by atoms with Crippen molar-refractivity contribution in [3.8, 4) is 0 Å². The van der Waals surface area contributed by atoms with Gasteiger partial charge >= 0.3 is 5.97 Å². The van der Waals surface area contributed by atoms with Crippen LogP contribution in [0.3, 0.4) is 0 Å². The number of aliphatic hydroxyl groups is 1. The lowest BCUT2D eigenvalue weighted by Gasteiger charge is -2.11. The van der Waals surface area contributed by atoms with Gasteiger partial charge in [0.1, 0.15) is 6.61 Å². The summed E-state index contributed by atoms with van der Waals surface area (Å²) >= 11 is 0. The highest BCUT2D eigenvalue weighted by atomic mass is 16.5. The van der Waals surface area contributed by atoms with E-state index in [1.165, 1.54) is 0 Å². The number of hydrogen-bond donors (Lipinski definition) is 1. The number of benzene rings is 1. The summed E-state index contributed by atoms with van der Waals surface area (Å²) in [5.74, 6) is -0.100. The van der Waals surface area contributed by atoms with Crippen LogP contribution >= 0.6 is 0 Å². The van der Waals surface area contributed by atoms with Crippen LogP contribution in [0.25, 0.3) is 0 Å². The smallest absolute Gasteiger partial charge is 0.339 e. The van der Waals surface area contributed by atoms with E-state index in [0.717, 1.165) is 5.56 Å². The number of carbonyl (C=O) groups is 1. The Morgan fingerprint density at radius 3 is 3.11 bits per heavy atom. The minimum Gasteiger partial charge on any atom is -0.476 e. The van der Waals surface area contributed by atoms with Crippen molar-refractivity contribution in [1.29, 1.82) is 0 Å². The monoisotopic (exact) mass is 249 g/mol. The lowest BCUT2D eigenvalue weighted by molar-refractivity contribution is -0.153. The summed E-state index contributed by atoms with van der Waals surface area (Å²) < 4.78 is 10.1. The fraction of sp³-hybridized carbons (Fsp3) is 0.385. The molecule has 0 spiro atoms. The average molecular weight is 249 g/mol. The van der Waals surface area contributed by atoms with E-state index < -0.39 is 12.1 Å². The van der Waals surface area contributed by atoms with Crippen molar-refractivity contribution in [2.24, 2.45) is 4.99 Å². The van der Waals surface area contributed by atoms with E-state index in [1.807, 2.05) is 6.07 Å². The molecule has 0 fully saturated rings. The van der Waals surface area contributed by atoms with Crippen molar-refractivity contribution >= 4 is 11.9 Å². The van der Waals surface area contributed by atoms with Gasteiger partial charge in [-0.25, -0.2) is 9.79 Å². The van der Waals surface area contributed by atoms with Crippen LogP contribution in [-0.4, -0.2) is 36.7 Å². The summed E-state index contributed by atoms with van der Waals surface area (Å²) in [7, 11) is 0. The van der Waals surface area contributed by atoms with Gasteiger partial charge in [-0.05, 0) is 24.6 Å². The van der Waals surface area contributed by atoms with Gasteiger partial charge < -0.3 is 14.6 Å². The number of hydrogen-bond acceptors (Lipinski definition) is 5. The van der Waals surface area contributed by atoms with Crippen LogP contribution in [0.15, 0.2) is 29.3 Å².